The van der Waals surface area contributed by atoms with Crippen LogP contribution in [0, 0.1) is 12.8 Å². The van der Waals surface area contributed by atoms with Gasteiger partial charge in [-0.2, -0.15) is 0 Å². The highest BCUT2D eigenvalue weighted by atomic mass is 16.3. The van der Waals surface area contributed by atoms with Crippen LogP contribution in [0.5, 0.6) is 5.75 Å². The van der Waals surface area contributed by atoms with Gasteiger partial charge in [-0.05, 0) is 54.2 Å². The first kappa shape index (κ1) is 22.3. The Morgan fingerprint density at radius 3 is 2.71 bits per heavy atom. The van der Waals surface area contributed by atoms with E-state index in [0.29, 0.717) is 29.2 Å². The average molecular weight is 458 g/mol. The summed E-state index contributed by atoms with van der Waals surface area (Å²) < 4.78 is 2.06. The molecular formula is C26H31N7O. The van der Waals surface area contributed by atoms with Crippen molar-refractivity contribution < 1.29 is 5.11 Å². The number of fused-ring (bicyclic) bond motifs is 1. The Morgan fingerprint density at radius 1 is 1.15 bits per heavy atom. The molecule has 2 N–H and O–H groups in total. The molecule has 0 spiro atoms. The van der Waals surface area contributed by atoms with Gasteiger partial charge < -0.3 is 19.7 Å². The molecule has 1 aliphatic rings. The van der Waals surface area contributed by atoms with Crippen LogP contribution < -0.4 is 10.2 Å². The van der Waals surface area contributed by atoms with Crippen LogP contribution in [0.25, 0.3) is 28.0 Å². The average Bonchev–Trinajstić information content (AvgIpc) is 3.23. The molecule has 0 aliphatic carbocycles. The topological polar surface area (TPSA) is 91.5 Å². The number of benzene rings is 1. The maximum atomic E-state index is 10.8. The van der Waals surface area contributed by atoms with Crippen molar-refractivity contribution in [3.05, 3.63) is 54.1 Å². The van der Waals surface area contributed by atoms with Gasteiger partial charge in [0.05, 0.1) is 11.9 Å². The summed E-state index contributed by atoms with van der Waals surface area (Å²) in [7, 11) is 0. The highest BCUT2D eigenvalue weighted by Crippen LogP contribution is 2.33. The van der Waals surface area contributed by atoms with E-state index in [0.717, 1.165) is 48.5 Å². The minimum atomic E-state index is 0.156. The van der Waals surface area contributed by atoms with Crippen LogP contribution in [0.1, 0.15) is 32.0 Å². The zero-order chi connectivity index (χ0) is 23.8. The van der Waals surface area contributed by atoms with Gasteiger partial charge in [-0.1, -0.05) is 26.8 Å². The summed E-state index contributed by atoms with van der Waals surface area (Å²) in [6, 6.07) is 8.21. The van der Waals surface area contributed by atoms with Gasteiger partial charge in [0.15, 0.2) is 0 Å². The van der Waals surface area contributed by atoms with Crippen molar-refractivity contribution >= 4 is 11.6 Å². The molecule has 0 amide bonds. The third kappa shape index (κ3) is 4.21. The fourth-order valence-corrected chi connectivity index (χ4v) is 4.58. The SMILES string of the molecule is CCc1cc(-c2ccc(-c3cnc(N4CCN[C@@H](C(C)C)C4)nn3)c(O)c2)cn2cc(C)nc12. The number of nitrogens with one attached hydrogen (secondary N) is 1. The van der Waals surface area contributed by atoms with Crippen molar-refractivity contribution in [1.29, 1.82) is 0 Å². The monoisotopic (exact) mass is 457 g/mol. The van der Waals surface area contributed by atoms with Crippen LogP contribution in [0.3, 0.4) is 0 Å². The van der Waals surface area contributed by atoms with Crippen molar-refractivity contribution in [3.8, 4) is 28.1 Å². The van der Waals surface area contributed by atoms with Gasteiger partial charge in [0.2, 0.25) is 5.95 Å². The van der Waals surface area contributed by atoms with E-state index in [-0.39, 0.29) is 5.75 Å². The van der Waals surface area contributed by atoms with Gasteiger partial charge in [0.1, 0.15) is 17.1 Å². The van der Waals surface area contributed by atoms with E-state index >= 15 is 0 Å². The number of aromatic nitrogens is 5. The van der Waals surface area contributed by atoms with E-state index < -0.39 is 0 Å². The van der Waals surface area contributed by atoms with Crippen molar-refractivity contribution in [2.45, 2.75) is 40.2 Å². The predicted molar refractivity (Wildman–Crippen MR) is 134 cm³/mol. The second kappa shape index (κ2) is 9.02. The van der Waals surface area contributed by atoms with Crippen LogP contribution in [0.15, 0.2) is 42.9 Å². The molecule has 1 atom stereocenters. The van der Waals surface area contributed by atoms with E-state index in [1.165, 1.54) is 5.56 Å². The first-order chi connectivity index (χ1) is 16.4. The number of aromatic hydroxyl groups is 1. The van der Waals surface area contributed by atoms with Gasteiger partial charge in [0, 0.05) is 43.6 Å². The standard InChI is InChI=1S/C26H31N7O/c1-5-18-10-20(14-33-13-17(4)29-25(18)33)19-6-7-21(24(34)11-19)22-12-28-26(31-30-22)32-9-8-27-23(15-32)16(2)3/h6-7,10-14,16,23,27,34H,5,8-9,15H2,1-4H3/t23-/m1/s1. The van der Waals surface area contributed by atoms with E-state index in [9.17, 15) is 5.11 Å². The lowest BCUT2D eigenvalue weighted by Gasteiger charge is -2.35. The smallest absolute Gasteiger partial charge is 0.245 e. The lowest BCUT2D eigenvalue weighted by atomic mass is 10.0. The molecule has 4 heterocycles. The van der Waals surface area contributed by atoms with Gasteiger partial charge in [0.25, 0.3) is 0 Å². The Balaban J connectivity index is 1.40. The molecule has 176 valence electrons. The molecule has 0 radical (unpaired) electrons. The van der Waals surface area contributed by atoms with Gasteiger partial charge in [-0.3, -0.25) is 0 Å². The lowest BCUT2D eigenvalue weighted by molar-refractivity contribution is 0.365. The molecule has 1 fully saturated rings. The first-order valence-electron chi connectivity index (χ1n) is 11.9. The fourth-order valence-electron chi connectivity index (χ4n) is 4.58. The lowest BCUT2D eigenvalue weighted by Crippen LogP contribution is -2.53. The second-order valence-electron chi connectivity index (χ2n) is 9.35. The minimum Gasteiger partial charge on any atom is -0.507 e. The maximum Gasteiger partial charge on any atom is 0.245 e. The van der Waals surface area contributed by atoms with E-state index in [1.54, 1.807) is 12.3 Å². The Labute approximate surface area is 199 Å². The summed E-state index contributed by atoms with van der Waals surface area (Å²) in [4.78, 5) is 11.4. The van der Waals surface area contributed by atoms with E-state index in [1.807, 2.05) is 25.3 Å². The third-order valence-electron chi connectivity index (χ3n) is 6.58. The Kier molecular flexibility index (Phi) is 5.91. The van der Waals surface area contributed by atoms with Crippen LogP contribution >= 0.6 is 0 Å². The molecule has 0 saturated carbocycles. The summed E-state index contributed by atoms with van der Waals surface area (Å²) in [5.74, 6) is 1.32. The number of aryl methyl sites for hydroxylation is 2. The number of hydrogen-bond acceptors (Lipinski definition) is 7. The summed E-state index contributed by atoms with van der Waals surface area (Å²) in [5, 5.41) is 23.1. The number of piperazine rings is 1. The van der Waals surface area contributed by atoms with E-state index in [2.05, 4.69) is 67.8 Å². The highest BCUT2D eigenvalue weighted by Gasteiger charge is 2.24. The number of phenolic OH excluding ortho intramolecular Hbond substituents is 1. The molecule has 1 aromatic carbocycles. The van der Waals surface area contributed by atoms with E-state index in [4.69, 9.17) is 0 Å². The maximum absolute atomic E-state index is 10.8. The predicted octanol–water partition coefficient (Wildman–Crippen LogP) is 3.86. The Bertz CT molecular complexity index is 1310. The molecule has 0 bridgehead atoms. The normalized spacial score (nSPS) is 16.5. The van der Waals surface area contributed by atoms with Crippen molar-refractivity contribution in [3.63, 3.8) is 0 Å². The van der Waals surface area contributed by atoms with Gasteiger partial charge in [-0.25, -0.2) is 9.97 Å². The quantitative estimate of drug-likeness (QED) is 0.470. The second-order valence-corrected chi connectivity index (χ2v) is 9.35. The zero-order valence-corrected chi connectivity index (χ0v) is 20.2. The Hall–Kier alpha value is -3.52. The van der Waals surface area contributed by atoms with Crippen LogP contribution in [0.4, 0.5) is 5.95 Å². The summed E-state index contributed by atoms with van der Waals surface area (Å²) in [6.45, 7) is 11.2. The zero-order valence-electron chi connectivity index (χ0n) is 20.2. The summed E-state index contributed by atoms with van der Waals surface area (Å²) >= 11 is 0. The molecule has 1 saturated heterocycles. The molecule has 1 aliphatic heterocycles. The molecule has 4 aromatic rings. The molecule has 8 heteroatoms. The fraction of sp³-hybridized carbons (Fsp3) is 0.385. The third-order valence-corrected chi connectivity index (χ3v) is 6.58. The number of pyridine rings is 1. The molecule has 3 aromatic heterocycles. The Morgan fingerprint density at radius 2 is 2.00 bits per heavy atom. The van der Waals surface area contributed by atoms with Crippen LogP contribution in [0.2, 0.25) is 0 Å². The van der Waals surface area contributed by atoms with Crippen molar-refractivity contribution in [2.24, 2.45) is 5.92 Å². The molecule has 34 heavy (non-hydrogen) atoms. The number of anilines is 1. The van der Waals surface area contributed by atoms with Gasteiger partial charge in [-0.15, -0.1) is 10.2 Å². The number of nitrogens with zero attached hydrogens (tertiary/aromatic N) is 6. The largest absolute Gasteiger partial charge is 0.507 e. The molecular weight excluding hydrogens is 426 g/mol. The summed E-state index contributed by atoms with van der Waals surface area (Å²) in [6.07, 6.45) is 6.66. The molecule has 0 unspecified atom stereocenters. The van der Waals surface area contributed by atoms with Crippen molar-refractivity contribution in [2.75, 3.05) is 24.5 Å². The molecule has 8 nitrogen and oxygen atoms in total. The number of imidazole rings is 1. The van der Waals surface area contributed by atoms with Crippen LogP contribution in [-0.2, 0) is 6.42 Å². The van der Waals surface area contributed by atoms with Gasteiger partial charge >= 0.3 is 0 Å². The highest BCUT2D eigenvalue weighted by molar-refractivity contribution is 5.75. The minimum absolute atomic E-state index is 0.156. The molecule has 5 rings (SSSR count). The van der Waals surface area contributed by atoms with Crippen LogP contribution in [-0.4, -0.2) is 55.3 Å². The number of rotatable bonds is 5. The first-order valence-corrected chi connectivity index (χ1v) is 11.9. The summed E-state index contributed by atoms with van der Waals surface area (Å²) in [5.41, 5.74) is 6.27. The number of hydrogen-bond donors (Lipinski definition) is 2. The van der Waals surface area contributed by atoms with Crippen molar-refractivity contribution in [1.82, 2.24) is 29.9 Å². The number of phenols is 1.